The van der Waals surface area contributed by atoms with Crippen molar-refractivity contribution in [1.29, 1.82) is 0 Å². The van der Waals surface area contributed by atoms with Crippen molar-refractivity contribution in [1.82, 2.24) is 0 Å². The van der Waals surface area contributed by atoms with Gasteiger partial charge in [-0.05, 0) is 78.6 Å². The fourth-order valence-electron chi connectivity index (χ4n) is 2.48. The minimum Gasteiger partial charge on any atom is -0.450 e. The molecule has 0 aliphatic rings. The van der Waals surface area contributed by atoms with Crippen LogP contribution in [0.3, 0.4) is 0 Å². The monoisotopic (exact) mass is 753 g/mol. The van der Waals surface area contributed by atoms with Crippen LogP contribution in [0, 0.1) is 0 Å². The van der Waals surface area contributed by atoms with Crippen LogP contribution in [0.4, 0.5) is 0 Å². The van der Waals surface area contributed by atoms with Crippen LogP contribution < -0.4 is 0 Å². The third kappa shape index (κ3) is 24.0. The van der Waals surface area contributed by atoms with Gasteiger partial charge in [-0.15, -0.1) is 39.5 Å². The third-order valence-electron chi connectivity index (χ3n) is 4.01. The molecule has 0 fully saturated rings. The fraction of sp³-hybridized carbons (Fsp3) is 0.500. The Kier molecular flexibility index (Phi) is 20.6. The van der Waals surface area contributed by atoms with Crippen LogP contribution in [-0.4, -0.2) is 49.9 Å². The topological polar surface area (TPSA) is 27.7 Å². The average Bonchev–Trinajstić information content (AvgIpc) is 2.65. The summed E-state index contributed by atoms with van der Waals surface area (Å²) in [5.74, 6) is 0. The summed E-state index contributed by atoms with van der Waals surface area (Å²) in [5, 5.41) is 0. The Labute approximate surface area is 234 Å². The second kappa shape index (κ2) is 16.9. The second-order valence-corrected chi connectivity index (χ2v) is 36.1. The molecule has 3 nitrogen and oxygen atoms in total. The number of hydrogen-bond donors (Lipinski definition) is 0. The van der Waals surface area contributed by atoms with Crippen LogP contribution in [0.2, 0.25) is 78.6 Å². The van der Waals surface area contributed by atoms with Crippen LogP contribution >= 0.6 is 0 Å². The first-order chi connectivity index (χ1) is 14.5. The summed E-state index contributed by atoms with van der Waals surface area (Å²) in [7, 11) is -9.48. The molecule has 0 aliphatic carbocycles. The van der Waals surface area contributed by atoms with E-state index >= 15 is 0 Å². The predicted molar refractivity (Wildman–Crippen MR) is 169 cm³/mol. The molecule has 202 valence electrons. The standard InChI is InChI=1S/3C8H18OSi2.Pt/c3*1-7-11(6,8-2)9-10(3,4)5;/h3*7-8H,1-2H2,3-6H3;. The normalized spacial score (nSPS) is 12.4. The Morgan fingerprint density at radius 1 is 0.353 bits per heavy atom. The smallest absolute Gasteiger partial charge is 0.226 e. The van der Waals surface area contributed by atoms with Gasteiger partial charge in [-0.25, -0.2) is 0 Å². The molecule has 0 bridgehead atoms. The summed E-state index contributed by atoms with van der Waals surface area (Å²) in [5.41, 5.74) is 11.6. The number of rotatable bonds is 12. The maximum absolute atomic E-state index is 5.97. The Bertz CT molecular complexity index is 547. The average molecular weight is 754 g/mol. The van der Waals surface area contributed by atoms with Crippen molar-refractivity contribution in [2.75, 3.05) is 0 Å². The van der Waals surface area contributed by atoms with E-state index in [1.54, 1.807) is 0 Å². The third-order valence-corrected chi connectivity index (χ3v) is 21.5. The van der Waals surface area contributed by atoms with Crippen molar-refractivity contribution < 1.29 is 33.4 Å². The van der Waals surface area contributed by atoms with Gasteiger partial charge in [0.1, 0.15) is 0 Å². The SMILES string of the molecule is C=C[Si](C)(C=C)O[Si](C)(C)C.C=C[Si](C)(C=C)O[Si](C)(C)C.C=C[Si](C)(C=C)O[Si](C)(C)C.[Pt]. The summed E-state index contributed by atoms with van der Waals surface area (Å²) < 4.78 is 17.9. The van der Waals surface area contributed by atoms with E-state index in [0.717, 1.165) is 0 Å². The first-order valence-electron chi connectivity index (χ1n) is 11.4. The van der Waals surface area contributed by atoms with Crippen LogP contribution in [0.1, 0.15) is 0 Å². The molecule has 0 saturated heterocycles. The van der Waals surface area contributed by atoms with Crippen LogP contribution in [0.25, 0.3) is 0 Å². The van der Waals surface area contributed by atoms with Crippen LogP contribution in [-0.2, 0) is 33.4 Å². The Hall–Kier alpha value is 0.310. The van der Waals surface area contributed by atoms with Gasteiger partial charge in [0.25, 0.3) is 0 Å². The summed E-state index contributed by atoms with van der Waals surface area (Å²) in [6.45, 7) is 48.7. The summed E-state index contributed by atoms with van der Waals surface area (Å²) in [4.78, 5) is 0. The fourth-order valence-corrected chi connectivity index (χ4v) is 20.8. The molecule has 0 aromatic carbocycles. The minimum absolute atomic E-state index is 0. The summed E-state index contributed by atoms with van der Waals surface area (Å²) in [6, 6.07) is 0. The maximum atomic E-state index is 5.97. The molecule has 34 heavy (non-hydrogen) atoms. The van der Waals surface area contributed by atoms with E-state index < -0.39 is 49.9 Å². The Balaban J connectivity index is -0.000000196. The van der Waals surface area contributed by atoms with E-state index in [1.807, 2.05) is 34.2 Å². The molecular formula is C24H54O3PtSi6. The maximum Gasteiger partial charge on any atom is 0.226 e. The van der Waals surface area contributed by atoms with Crippen molar-refractivity contribution in [3.8, 4) is 0 Å². The summed E-state index contributed by atoms with van der Waals surface area (Å²) in [6.07, 6.45) is 0. The van der Waals surface area contributed by atoms with E-state index in [2.05, 4.69) is 118 Å². The van der Waals surface area contributed by atoms with E-state index in [1.165, 1.54) is 0 Å². The van der Waals surface area contributed by atoms with Gasteiger partial charge in [0.15, 0.2) is 25.0 Å². The largest absolute Gasteiger partial charge is 0.450 e. The molecule has 0 aromatic rings. The van der Waals surface area contributed by atoms with Crippen molar-refractivity contribution >= 4 is 49.9 Å². The molecule has 0 heterocycles. The van der Waals surface area contributed by atoms with Gasteiger partial charge >= 0.3 is 0 Å². The molecule has 0 rings (SSSR count). The molecule has 10 heteroatoms. The predicted octanol–water partition coefficient (Wildman–Crippen LogP) is 8.59. The van der Waals surface area contributed by atoms with Crippen molar-refractivity contribution in [2.24, 2.45) is 0 Å². The van der Waals surface area contributed by atoms with Crippen molar-refractivity contribution in [3.63, 3.8) is 0 Å². The van der Waals surface area contributed by atoms with Crippen LogP contribution in [0.5, 0.6) is 0 Å². The zero-order valence-electron chi connectivity index (χ0n) is 24.2. The molecule has 0 unspecified atom stereocenters. The molecular weight excluding hydrogens is 700 g/mol. The van der Waals surface area contributed by atoms with Gasteiger partial charge in [-0.2, -0.15) is 0 Å². The van der Waals surface area contributed by atoms with Gasteiger partial charge < -0.3 is 12.3 Å². The Morgan fingerprint density at radius 3 is 0.500 bits per heavy atom. The molecule has 0 aliphatic heterocycles. The molecule has 0 radical (unpaired) electrons. The van der Waals surface area contributed by atoms with E-state index in [0.29, 0.717) is 0 Å². The van der Waals surface area contributed by atoms with Gasteiger partial charge in [-0.1, -0.05) is 34.2 Å². The second-order valence-electron chi connectivity index (χ2n) is 11.4. The zero-order chi connectivity index (χ0) is 27.4. The van der Waals surface area contributed by atoms with E-state index in [-0.39, 0.29) is 21.1 Å². The molecule has 0 atom stereocenters. The molecule has 0 aromatic heterocycles. The first kappa shape index (κ1) is 41.4. The van der Waals surface area contributed by atoms with Gasteiger partial charge in [0, 0.05) is 21.1 Å². The van der Waals surface area contributed by atoms with Crippen LogP contribution in [0.15, 0.2) is 73.7 Å². The molecule has 0 saturated carbocycles. The first-order valence-corrected chi connectivity index (χ1v) is 29.3. The minimum atomic E-state index is -1.74. The quantitative estimate of drug-likeness (QED) is 0.187. The van der Waals surface area contributed by atoms with Crippen molar-refractivity contribution in [2.45, 2.75) is 78.6 Å². The van der Waals surface area contributed by atoms with E-state index in [4.69, 9.17) is 12.3 Å². The van der Waals surface area contributed by atoms with Gasteiger partial charge in [-0.3, -0.25) is 0 Å². The van der Waals surface area contributed by atoms with Crippen molar-refractivity contribution in [3.05, 3.63) is 73.7 Å². The summed E-state index contributed by atoms with van der Waals surface area (Å²) >= 11 is 0. The Morgan fingerprint density at radius 2 is 0.471 bits per heavy atom. The van der Waals surface area contributed by atoms with E-state index in [9.17, 15) is 0 Å². The van der Waals surface area contributed by atoms with Gasteiger partial charge in [0.05, 0.1) is 0 Å². The zero-order valence-corrected chi connectivity index (χ0v) is 32.5. The molecule has 0 N–H and O–H groups in total. The molecule has 0 spiro atoms. The van der Waals surface area contributed by atoms with Gasteiger partial charge in [0.2, 0.25) is 25.0 Å². The molecule has 0 amide bonds. The number of hydrogen-bond acceptors (Lipinski definition) is 3.